The van der Waals surface area contributed by atoms with Crippen LogP contribution in [0.1, 0.15) is 43.4 Å². The van der Waals surface area contributed by atoms with E-state index in [-0.39, 0.29) is 37.3 Å². The minimum Gasteiger partial charge on any atom is -0.394 e. The van der Waals surface area contributed by atoms with Gasteiger partial charge in [0.2, 0.25) is 0 Å². The Labute approximate surface area is 227 Å². The van der Waals surface area contributed by atoms with Crippen LogP contribution in [0.25, 0.3) is 11.4 Å². The summed E-state index contributed by atoms with van der Waals surface area (Å²) in [4.78, 5) is 8.02. The van der Waals surface area contributed by atoms with E-state index in [1.165, 1.54) is 6.07 Å². The SMILES string of the molecule is CCCSc1nc(NC2CC2c2ccc(F)c(F)c2)c2[nH][nH]c(C3(O)CC(O)C(OCCO)C3O)ccc-2[nH]1. The van der Waals surface area contributed by atoms with Gasteiger partial charge in [-0.25, -0.2) is 13.8 Å². The van der Waals surface area contributed by atoms with E-state index >= 15 is 0 Å². The minimum atomic E-state index is -1.85. The van der Waals surface area contributed by atoms with E-state index in [0.29, 0.717) is 27.9 Å². The number of aromatic amines is 3. The number of anilines is 1. The number of hydrogen-bond donors (Lipinski definition) is 8. The largest absolute Gasteiger partial charge is 0.394 e. The van der Waals surface area contributed by atoms with Crippen LogP contribution in [0.5, 0.6) is 0 Å². The Morgan fingerprint density at radius 1 is 1.18 bits per heavy atom. The van der Waals surface area contributed by atoms with Gasteiger partial charge in [-0.15, -0.1) is 0 Å². The first-order chi connectivity index (χ1) is 18.7. The highest BCUT2D eigenvalue weighted by molar-refractivity contribution is 7.99. The van der Waals surface area contributed by atoms with E-state index in [9.17, 15) is 24.1 Å². The number of aliphatic hydroxyl groups is 4. The Balaban J connectivity index is 1.46. The second kappa shape index (κ2) is 11.4. The van der Waals surface area contributed by atoms with E-state index in [4.69, 9.17) is 14.8 Å². The van der Waals surface area contributed by atoms with Crippen LogP contribution >= 0.6 is 11.8 Å². The Morgan fingerprint density at radius 3 is 2.74 bits per heavy atom. The van der Waals surface area contributed by atoms with Gasteiger partial charge in [-0.1, -0.05) is 24.8 Å². The zero-order valence-electron chi connectivity index (χ0n) is 21.3. The molecule has 2 fully saturated rings. The van der Waals surface area contributed by atoms with Crippen LogP contribution in [0.4, 0.5) is 14.6 Å². The van der Waals surface area contributed by atoms with Crippen molar-refractivity contribution >= 4 is 17.6 Å². The maximum absolute atomic E-state index is 13.8. The van der Waals surface area contributed by atoms with Gasteiger partial charge in [-0.3, -0.25) is 5.10 Å². The van der Waals surface area contributed by atoms with Gasteiger partial charge in [0.05, 0.1) is 30.7 Å². The molecule has 10 nitrogen and oxygen atoms in total. The van der Waals surface area contributed by atoms with Crippen molar-refractivity contribution in [3.05, 3.63) is 53.2 Å². The molecule has 6 unspecified atom stereocenters. The quantitative estimate of drug-likeness (QED) is 0.137. The second-order valence-corrected chi connectivity index (χ2v) is 11.1. The Kier molecular flexibility index (Phi) is 8.17. The monoisotopic (exact) mass is 565 g/mol. The third-order valence-corrected chi connectivity index (χ3v) is 8.27. The van der Waals surface area contributed by atoms with Crippen molar-refractivity contribution in [2.75, 3.05) is 24.3 Å². The Morgan fingerprint density at radius 2 is 2.00 bits per heavy atom. The average Bonchev–Trinajstić information content (AvgIpc) is 3.67. The smallest absolute Gasteiger partial charge is 0.167 e. The molecule has 13 heteroatoms. The van der Waals surface area contributed by atoms with Gasteiger partial charge in [0.15, 0.2) is 22.6 Å². The molecule has 8 N–H and O–H groups in total. The number of halogens is 2. The normalized spacial score (nSPS) is 28.1. The van der Waals surface area contributed by atoms with E-state index < -0.39 is 35.5 Å². The molecule has 39 heavy (non-hydrogen) atoms. The summed E-state index contributed by atoms with van der Waals surface area (Å²) in [5, 5.41) is 51.8. The number of thioether (sulfide) groups is 1. The number of aromatic nitrogens is 4. The average molecular weight is 566 g/mol. The number of rotatable bonds is 10. The molecule has 2 saturated carbocycles. The summed E-state index contributed by atoms with van der Waals surface area (Å²) >= 11 is 1.55. The molecule has 2 aliphatic heterocycles. The van der Waals surface area contributed by atoms with Gasteiger partial charge >= 0.3 is 0 Å². The summed E-state index contributed by atoms with van der Waals surface area (Å²) < 4.78 is 32.5. The Hall–Kier alpha value is -2.68. The maximum Gasteiger partial charge on any atom is 0.167 e. The Bertz CT molecular complexity index is 1320. The lowest BCUT2D eigenvalue weighted by Crippen LogP contribution is -2.42. The number of H-pyrrole nitrogens is 3. The fourth-order valence-corrected chi connectivity index (χ4v) is 5.78. The molecule has 0 spiro atoms. The van der Waals surface area contributed by atoms with Crippen molar-refractivity contribution in [1.29, 1.82) is 0 Å². The first kappa shape index (κ1) is 27.9. The van der Waals surface area contributed by atoms with Gasteiger partial charge in [-0.2, -0.15) is 0 Å². The highest BCUT2D eigenvalue weighted by Gasteiger charge is 2.54. The molecule has 6 atom stereocenters. The van der Waals surface area contributed by atoms with Crippen LogP contribution in [0.15, 0.2) is 35.5 Å². The van der Waals surface area contributed by atoms with Crippen molar-refractivity contribution in [2.24, 2.45) is 0 Å². The highest BCUT2D eigenvalue weighted by Crippen LogP contribution is 2.44. The zero-order chi connectivity index (χ0) is 27.7. The minimum absolute atomic E-state index is 0.00317. The van der Waals surface area contributed by atoms with Crippen LogP contribution in [0, 0.1) is 11.6 Å². The number of nitrogens with one attached hydrogen (secondary N) is 4. The molecule has 1 aromatic carbocycles. The lowest BCUT2D eigenvalue weighted by atomic mass is 9.95. The number of fused-ring (bicyclic) bond motifs is 1. The van der Waals surface area contributed by atoms with Crippen molar-refractivity contribution in [1.82, 2.24) is 20.2 Å². The van der Waals surface area contributed by atoms with Crippen LogP contribution in [0.3, 0.4) is 0 Å². The van der Waals surface area contributed by atoms with E-state index in [1.54, 1.807) is 30.0 Å². The lowest BCUT2D eigenvalue weighted by molar-refractivity contribution is -0.121. The molecule has 2 aliphatic carbocycles. The third kappa shape index (κ3) is 5.65. The van der Waals surface area contributed by atoms with E-state index in [0.717, 1.165) is 24.7 Å². The molecule has 0 radical (unpaired) electrons. The molecule has 1 aromatic rings. The summed E-state index contributed by atoms with van der Waals surface area (Å²) in [6.07, 6.45) is -2.18. The first-order valence-electron chi connectivity index (χ1n) is 12.9. The molecule has 0 amide bonds. The van der Waals surface area contributed by atoms with Crippen LogP contribution in [-0.2, 0) is 10.3 Å². The standard InChI is InChI=1S/C26H33F2N5O5S/c1-2-9-39-25-30-17-5-6-20(26(37)12-19(35)22(23(26)36)38-8-7-34)32-33-21(17)24(31-25)29-18-11-14(18)13-3-4-15(27)16(28)10-13/h3-6,10,14,18-19,22-23,29,32-37H,2,7-9,11-12H2,1H3,(H,30,31). The van der Waals surface area contributed by atoms with Gasteiger partial charge < -0.3 is 40.6 Å². The van der Waals surface area contributed by atoms with E-state index in [2.05, 4.69) is 27.4 Å². The molecule has 2 heterocycles. The van der Waals surface area contributed by atoms with Gasteiger partial charge in [0.25, 0.3) is 0 Å². The fourth-order valence-electron chi connectivity index (χ4n) is 5.04. The molecule has 0 saturated heterocycles. The topological polar surface area (TPSA) is 162 Å². The summed E-state index contributed by atoms with van der Waals surface area (Å²) in [6.45, 7) is 1.70. The first-order valence-corrected chi connectivity index (χ1v) is 13.9. The molecule has 4 aliphatic rings. The molecular formula is C26H33F2N5O5S. The van der Waals surface area contributed by atoms with Crippen molar-refractivity contribution in [3.8, 4) is 11.4 Å². The maximum atomic E-state index is 13.8. The third-order valence-electron chi connectivity index (χ3n) is 7.20. The number of aliphatic hydroxyl groups excluding tert-OH is 3. The van der Waals surface area contributed by atoms with Crippen LogP contribution < -0.4 is 5.32 Å². The van der Waals surface area contributed by atoms with Crippen LogP contribution in [0.2, 0.25) is 0 Å². The molecule has 0 bridgehead atoms. The summed E-state index contributed by atoms with van der Waals surface area (Å²) in [7, 11) is 0. The fraction of sp³-hybridized carbons (Fsp3) is 0.500. The summed E-state index contributed by atoms with van der Waals surface area (Å²) in [5.74, 6) is -0.392. The molecule has 212 valence electrons. The molecule has 5 rings (SSSR count). The van der Waals surface area contributed by atoms with Gasteiger partial charge in [0, 0.05) is 24.1 Å². The predicted octanol–water partition coefficient (Wildman–Crippen LogP) is 2.73. The summed E-state index contributed by atoms with van der Waals surface area (Å²) in [5.41, 5.74) is 0.288. The molecule has 0 aromatic heterocycles. The van der Waals surface area contributed by atoms with Gasteiger partial charge in [0.1, 0.15) is 23.5 Å². The van der Waals surface area contributed by atoms with Crippen LogP contribution in [-0.4, -0.2) is 83.9 Å². The van der Waals surface area contributed by atoms with Crippen molar-refractivity contribution in [2.45, 2.75) is 67.2 Å². The molecular weight excluding hydrogens is 532 g/mol. The van der Waals surface area contributed by atoms with Crippen molar-refractivity contribution in [3.63, 3.8) is 0 Å². The number of benzene rings is 1. The lowest BCUT2D eigenvalue weighted by Gasteiger charge is -2.27. The van der Waals surface area contributed by atoms with Gasteiger partial charge in [-0.05, 0) is 42.7 Å². The number of ether oxygens (including phenoxy) is 1. The predicted molar refractivity (Wildman–Crippen MR) is 141 cm³/mol. The van der Waals surface area contributed by atoms with Crippen molar-refractivity contribution < 1.29 is 33.9 Å². The summed E-state index contributed by atoms with van der Waals surface area (Å²) in [6, 6.07) is 7.24. The highest BCUT2D eigenvalue weighted by atomic mass is 32.2. The second-order valence-electron chi connectivity index (χ2n) is 9.99. The number of hydrogen-bond acceptors (Lipinski definition) is 8. The number of nitrogens with zero attached hydrogens (tertiary/aromatic N) is 1. The van der Waals surface area contributed by atoms with E-state index in [1.807, 2.05) is 0 Å². The zero-order valence-corrected chi connectivity index (χ0v) is 22.1.